The van der Waals surface area contributed by atoms with Crippen LogP contribution >= 0.6 is 0 Å². The number of pyridine rings is 1. The molecule has 0 aliphatic heterocycles. The Morgan fingerprint density at radius 3 is 2.58 bits per heavy atom. The topological polar surface area (TPSA) is 76.2 Å². The van der Waals surface area contributed by atoms with Gasteiger partial charge in [0.15, 0.2) is 0 Å². The maximum Gasteiger partial charge on any atom is 0.204 e. The van der Waals surface area contributed by atoms with Gasteiger partial charge >= 0.3 is 0 Å². The van der Waals surface area contributed by atoms with Gasteiger partial charge in [0.1, 0.15) is 0 Å². The molecule has 12 heavy (non-hydrogen) atoms. The van der Waals surface area contributed by atoms with Gasteiger partial charge in [-0.1, -0.05) is 6.07 Å². The highest BCUT2D eigenvalue weighted by Gasteiger charge is 1.88. The van der Waals surface area contributed by atoms with Gasteiger partial charge in [-0.05, 0) is 19.1 Å². The maximum absolute atomic E-state index is 8.60. The maximum atomic E-state index is 8.60. The van der Waals surface area contributed by atoms with Crippen molar-refractivity contribution in [3.63, 3.8) is 0 Å². The number of aromatic nitrogens is 1. The van der Waals surface area contributed by atoms with Crippen molar-refractivity contribution in [1.82, 2.24) is 4.98 Å². The van der Waals surface area contributed by atoms with Gasteiger partial charge in [0.05, 0.1) is 12.3 Å². The molecule has 0 saturated carbocycles. The Balaban J connectivity index is 0.000000354. The van der Waals surface area contributed by atoms with Crippen molar-refractivity contribution in [2.45, 2.75) is 13.5 Å². The predicted octanol–water partition coefficient (Wildman–Crippen LogP) is -0.0162. The van der Waals surface area contributed by atoms with E-state index in [4.69, 9.17) is 9.90 Å². The van der Waals surface area contributed by atoms with Crippen LogP contribution in [0.5, 0.6) is 0 Å². The highest BCUT2D eigenvalue weighted by atomic mass is 16.3. The van der Waals surface area contributed by atoms with Gasteiger partial charge in [0, 0.05) is 5.69 Å². The van der Waals surface area contributed by atoms with Crippen molar-refractivity contribution < 1.29 is 9.90 Å². The van der Waals surface area contributed by atoms with E-state index in [0.29, 0.717) is 0 Å². The monoisotopic (exact) mass is 168 g/mol. The molecular formula is C8H12N2O2. The van der Waals surface area contributed by atoms with Crippen molar-refractivity contribution in [2.75, 3.05) is 0 Å². The van der Waals surface area contributed by atoms with E-state index in [1.165, 1.54) is 0 Å². The number of hydrogen-bond acceptors (Lipinski definition) is 3. The lowest BCUT2D eigenvalue weighted by atomic mass is 10.3. The van der Waals surface area contributed by atoms with Crippen LogP contribution in [0.2, 0.25) is 0 Å². The summed E-state index contributed by atoms with van der Waals surface area (Å²) in [5.74, 6) is 0. The molecule has 0 unspecified atom stereocenters. The van der Waals surface area contributed by atoms with Crippen molar-refractivity contribution in [3.8, 4) is 0 Å². The van der Waals surface area contributed by atoms with E-state index in [2.05, 4.69) is 10.7 Å². The van der Waals surface area contributed by atoms with Crippen molar-refractivity contribution >= 4 is 6.41 Å². The molecular weight excluding hydrogens is 156 g/mol. The van der Waals surface area contributed by atoms with Gasteiger partial charge in [-0.15, -0.1) is 0 Å². The van der Waals surface area contributed by atoms with E-state index in [1.807, 2.05) is 19.1 Å². The molecule has 1 aromatic heterocycles. The van der Waals surface area contributed by atoms with E-state index in [1.54, 1.807) is 6.07 Å². The second-order valence-electron chi connectivity index (χ2n) is 2.06. The third-order valence-electron chi connectivity index (χ3n) is 1.11. The van der Waals surface area contributed by atoms with Crippen LogP contribution in [-0.2, 0) is 11.4 Å². The van der Waals surface area contributed by atoms with Crippen LogP contribution in [0.1, 0.15) is 11.4 Å². The van der Waals surface area contributed by atoms with Crippen LogP contribution in [0.25, 0.3) is 0 Å². The molecule has 3 N–H and O–H groups in total. The fourth-order valence-electron chi connectivity index (χ4n) is 0.688. The zero-order valence-corrected chi connectivity index (χ0v) is 6.90. The summed E-state index contributed by atoms with van der Waals surface area (Å²) in [6, 6.07) is 5.58. The fourth-order valence-corrected chi connectivity index (χ4v) is 0.688. The van der Waals surface area contributed by atoms with Crippen LogP contribution in [-0.4, -0.2) is 16.5 Å². The molecule has 4 nitrogen and oxygen atoms in total. The number of rotatable bonds is 1. The molecule has 4 heteroatoms. The molecule has 0 saturated heterocycles. The smallest absolute Gasteiger partial charge is 0.204 e. The number of primary amides is 1. The first-order valence-corrected chi connectivity index (χ1v) is 3.43. The van der Waals surface area contributed by atoms with E-state index in [-0.39, 0.29) is 13.0 Å². The number of carbonyl (C=O) groups is 1. The zero-order chi connectivity index (χ0) is 9.40. The molecule has 0 aliphatic carbocycles. The molecule has 1 rings (SSSR count). The normalized spacial score (nSPS) is 8.17. The molecule has 0 fully saturated rings. The number of aliphatic hydroxyl groups is 1. The number of nitrogens with zero attached hydrogens (tertiary/aromatic N) is 1. The number of aliphatic hydroxyl groups excluding tert-OH is 1. The summed E-state index contributed by atoms with van der Waals surface area (Å²) in [4.78, 5) is 12.6. The molecule has 0 bridgehead atoms. The second-order valence-corrected chi connectivity index (χ2v) is 2.06. The summed E-state index contributed by atoms with van der Waals surface area (Å²) < 4.78 is 0. The third-order valence-corrected chi connectivity index (χ3v) is 1.11. The summed E-state index contributed by atoms with van der Waals surface area (Å²) in [7, 11) is 0. The highest BCUT2D eigenvalue weighted by Crippen LogP contribution is 1.96. The van der Waals surface area contributed by atoms with Crippen molar-refractivity contribution in [3.05, 3.63) is 29.6 Å². The standard InChI is InChI=1S/C7H9NO.CH3NO/c1-6-3-2-4-7(5-9)8-6;2-1-3/h2-4,9H,5H2,1H3;1H,(H2,2,3). The Bertz CT molecular complexity index is 238. The van der Waals surface area contributed by atoms with Gasteiger partial charge in [-0.3, -0.25) is 9.78 Å². The second kappa shape index (κ2) is 6.30. The largest absolute Gasteiger partial charge is 0.390 e. The van der Waals surface area contributed by atoms with Crippen LogP contribution < -0.4 is 5.73 Å². The van der Waals surface area contributed by atoms with Gasteiger partial charge in [0.25, 0.3) is 0 Å². The van der Waals surface area contributed by atoms with Crippen LogP contribution in [0, 0.1) is 6.92 Å². The Morgan fingerprint density at radius 1 is 1.67 bits per heavy atom. The molecule has 0 atom stereocenters. The first-order valence-electron chi connectivity index (χ1n) is 3.43. The number of hydrogen-bond donors (Lipinski definition) is 2. The average molecular weight is 168 g/mol. The molecule has 1 amide bonds. The first kappa shape index (κ1) is 10.6. The van der Waals surface area contributed by atoms with Crippen LogP contribution in [0.4, 0.5) is 0 Å². The van der Waals surface area contributed by atoms with Crippen molar-refractivity contribution in [2.24, 2.45) is 5.73 Å². The number of aryl methyl sites for hydroxylation is 1. The summed E-state index contributed by atoms with van der Waals surface area (Å²) in [5.41, 5.74) is 5.84. The molecule has 1 aromatic rings. The molecule has 0 spiro atoms. The summed E-state index contributed by atoms with van der Waals surface area (Å²) >= 11 is 0. The minimum atomic E-state index is 0.0294. The Kier molecular flexibility index (Phi) is 5.55. The molecule has 66 valence electrons. The number of nitrogens with two attached hydrogens (primary N) is 1. The van der Waals surface area contributed by atoms with E-state index in [9.17, 15) is 0 Å². The lowest BCUT2D eigenvalue weighted by molar-refractivity contribution is -0.106. The van der Waals surface area contributed by atoms with Gasteiger partial charge < -0.3 is 10.8 Å². The fraction of sp³-hybridized carbons (Fsp3) is 0.250. The number of amides is 1. The minimum Gasteiger partial charge on any atom is -0.390 e. The number of carbonyl (C=O) groups excluding carboxylic acids is 1. The molecule has 0 aliphatic rings. The first-order chi connectivity index (χ1) is 5.74. The Morgan fingerprint density at radius 2 is 2.25 bits per heavy atom. The van der Waals surface area contributed by atoms with Gasteiger partial charge in [-0.25, -0.2) is 0 Å². The average Bonchev–Trinajstić information content (AvgIpc) is 2.06. The predicted molar refractivity (Wildman–Crippen MR) is 45.1 cm³/mol. The van der Waals surface area contributed by atoms with Gasteiger partial charge in [0.2, 0.25) is 6.41 Å². The van der Waals surface area contributed by atoms with E-state index in [0.717, 1.165) is 11.4 Å². The minimum absolute atomic E-state index is 0.0294. The molecule has 0 radical (unpaired) electrons. The summed E-state index contributed by atoms with van der Waals surface area (Å²) in [6.07, 6.45) is 0.250. The lowest BCUT2D eigenvalue weighted by Gasteiger charge is -1.93. The lowest BCUT2D eigenvalue weighted by Crippen LogP contribution is -1.89. The van der Waals surface area contributed by atoms with E-state index < -0.39 is 0 Å². The zero-order valence-electron chi connectivity index (χ0n) is 6.90. The van der Waals surface area contributed by atoms with E-state index >= 15 is 0 Å². The quantitative estimate of drug-likeness (QED) is 0.579. The van der Waals surface area contributed by atoms with Crippen molar-refractivity contribution in [1.29, 1.82) is 0 Å². The third kappa shape index (κ3) is 4.40. The van der Waals surface area contributed by atoms with Gasteiger partial charge in [-0.2, -0.15) is 0 Å². The molecule has 0 aromatic carbocycles. The molecule has 1 heterocycles. The summed E-state index contributed by atoms with van der Waals surface area (Å²) in [5, 5.41) is 8.60. The SMILES string of the molecule is Cc1cccc(CO)n1.NC=O. The van der Waals surface area contributed by atoms with Crippen LogP contribution in [0.3, 0.4) is 0 Å². The summed E-state index contributed by atoms with van der Waals surface area (Å²) in [6.45, 7) is 1.93. The Hall–Kier alpha value is -1.42. The van der Waals surface area contributed by atoms with Crippen LogP contribution in [0.15, 0.2) is 18.2 Å². The Labute approximate surface area is 71.0 Å². The highest BCUT2D eigenvalue weighted by molar-refractivity contribution is 5.42.